The largest absolute Gasteiger partial charge is 0.363 e. The standard InChI is InChI=1S/C13H21N5.ClH/c1-5-11(3)18-12(6-7-15-18)8-14-13-10(2)9-17(4)16-13;/h6-7,9,11H,5,8H2,1-4H3,(H,14,16);1H. The predicted octanol–water partition coefficient (Wildman–Crippen LogP) is 2.93. The molecule has 5 nitrogen and oxygen atoms in total. The van der Waals surface area contributed by atoms with E-state index < -0.39 is 0 Å². The minimum absolute atomic E-state index is 0. The lowest BCUT2D eigenvalue weighted by atomic mass is 10.2. The molecule has 1 unspecified atom stereocenters. The van der Waals surface area contributed by atoms with E-state index in [1.165, 1.54) is 5.69 Å². The molecule has 2 aromatic heterocycles. The number of aromatic nitrogens is 4. The van der Waals surface area contributed by atoms with Crippen molar-refractivity contribution in [2.45, 2.75) is 39.8 Å². The molecule has 0 saturated carbocycles. The Morgan fingerprint density at radius 2 is 2.16 bits per heavy atom. The van der Waals surface area contributed by atoms with Gasteiger partial charge >= 0.3 is 0 Å². The van der Waals surface area contributed by atoms with Gasteiger partial charge in [0, 0.05) is 31.0 Å². The summed E-state index contributed by atoms with van der Waals surface area (Å²) in [6.07, 6.45) is 4.94. The molecule has 0 radical (unpaired) electrons. The summed E-state index contributed by atoms with van der Waals surface area (Å²) in [5.74, 6) is 0.939. The van der Waals surface area contributed by atoms with Crippen molar-refractivity contribution in [2.75, 3.05) is 5.32 Å². The Morgan fingerprint density at radius 1 is 1.42 bits per heavy atom. The fraction of sp³-hybridized carbons (Fsp3) is 0.538. The lowest BCUT2D eigenvalue weighted by Gasteiger charge is -2.14. The van der Waals surface area contributed by atoms with Crippen molar-refractivity contribution >= 4 is 18.2 Å². The molecular weight excluding hydrogens is 262 g/mol. The first-order valence-corrected chi connectivity index (χ1v) is 6.38. The van der Waals surface area contributed by atoms with Crippen LogP contribution in [0.5, 0.6) is 0 Å². The van der Waals surface area contributed by atoms with Gasteiger partial charge in [-0.15, -0.1) is 12.4 Å². The zero-order valence-corrected chi connectivity index (χ0v) is 12.7. The van der Waals surface area contributed by atoms with Gasteiger partial charge in [-0.1, -0.05) is 6.92 Å². The molecule has 106 valence electrons. The van der Waals surface area contributed by atoms with Gasteiger partial charge in [0.2, 0.25) is 0 Å². The summed E-state index contributed by atoms with van der Waals surface area (Å²) < 4.78 is 3.90. The zero-order chi connectivity index (χ0) is 13.1. The molecule has 0 amide bonds. The fourth-order valence-corrected chi connectivity index (χ4v) is 2.01. The lowest BCUT2D eigenvalue weighted by Crippen LogP contribution is -2.13. The molecule has 1 atom stereocenters. The maximum atomic E-state index is 4.38. The molecule has 0 bridgehead atoms. The van der Waals surface area contributed by atoms with Crippen LogP contribution in [0.15, 0.2) is 18.5 Å². The van der Waals surface area contributed by atoms with Crippen LogP contribution in [0.3, 0.4) is 0 Å². The van der Waals surface area contributed by atoms with Gasteiger partial charge in [0.1, 0.15) is 0 Å². The summed E-state index contributed by atoms with van der Waals surface area (Å²) in [7, 11) is 1.93. The second-order valence-electron chi connectivity index (χ2n) is 4.71. The molecule has 0 spiro atoms. The van der Waals surface area contributed by atoms with E-state index in [1.807, 2.05) is 24.1 Å². The van der Waals surface area contributed by atoms with E-state index >= 15 is 0 Å². The predicted molar refractivity (Wildman–Crippen MR) is 79.7 cm³/mol. The second-order valence-corrected chi connectivity index (χ2v) is 4.71. The number of anilines is 1. The van der Waals surface area contributed by atoms with Crippen molar-refractivity contribution in [1.82, 2.24) is 19.6 Å². The molecule has 0 aromatic carbocycles. The quantitative estimate of drug-likeness (QED) is 0.918. The summed E-state index contributed by atoms with van der Waals surface area (Å²) in [6, 6.07) is 2.49. The highest BCUT2D eigenvalue weighted by atomic mass is 35.5. The van der Waals surface area contributed by atoms with Crippen LogP contribution < -0.4 is 5.32 Å². The average molecular weight is 284 g/mol. The summed E-state index contributed by atoms with van der Waals surface area (Å²) in [4.78, 5) is 0. The van der Waals surface area contributed by atoms with Gasteiger partial charge in [-0.25, -0.2) is 0 Å². The molecule has 2 heterocycles. The van der Waals surface area contributed by atoms with E-state index in [9.17, 15) is 0 Å². The Morgan fingerprint density at radius 3 is 2.74 bits per heavy atom. The first kappa shape index (κ1) is 15.6. The third kappa shape index (κ3) is 3.50. The number of nitrogens with one attached hydrogen (secondary N) is 1. The van der Waals surface area contributed by atoms with Crippen molar-refractivity contribution in [3.05, 3.63) is 29.7 Å². The Kier molecular flexibility index (Phi) is 5.42. The van der Waals surface area contributed by atoms with Crippen LogP contribution >= 0.6 is 12.4 Å². The average Bonchev–Trinajstić information content (AvgIpc) is 2.92. The number of rotatable bonds is 5. The Bertz CT molecular complexity index is 517. The number of aryl methyl sites for hydroxylation is 2. The Hall–Kier alpha value is -1.49. The first-order valence-electron chi connectivity index (χ1n) is 6.38. The minimum atomic E-state index is 0. The molecule has 0 aliphatic rings. The van der Waals surface area contributed by atoms with Gasteiger partial charge in [0.25, 0.3) is 0 Å². The van der Waals surface area contributed by atoms with Gasteiger partial charge in [-0.3, -0.25) is 9.36 Å². The summed E-state index contributed by atoms with van der Waals surface area (Å²) in [6.45, 7) is 7.17. The molecule has 2 aromatic rings. The molecule has 6 heteroatoms. The fourth-order valence-electron chi connectivity index (χ4n) is 2.01. The van der Waals surface area contributed by atoms with Crippen LogP contribution in [-0.4, -0.2) is 19.6 Å². The lowest BCUT2D eigenvalue weighted by molar-refractivity contribution is 0.462. The van der Waals surface area contributed by atoms with E-state index in [4.69, 9.17) is 0 Å². The van der Waals surface area contributed by atoms with E-state index in [-0.39, 0.29) is 12.4 Å². The molecule has 0 aliphatic carbocycles. The zero-order valence-electron chi connectivity index (χ0n) is 11.9. The number of halogens is 1. The monoisotopic (exact) mass is 283 g/mol. The molecule has 0 saturated heterocycles. The summed E-state index contributed by atoms with van der Waals surface area (Å²) >= 11 is 0. The highest BCUT2D eigenvalue weighted by molar-refractivity contribution is 5.85. The minimum Gasteiger partial charge on any atom is -0.363 e. The van der Waals surface area contributed by atoms with Crippen LogP contribution in [0.4, 0.5) is 5.82 Å². The van der Waals surface area contributed by atoms with Crippen molar-refractivity contribution in [1.29, 1.82) is 0 Å². The maximum Gasteiger partial charge on any atom is 0.151 e. The van der Waals surface area contributed by atoms with Gasteiger partial charge in [-0.2, -0.15) is 10.2 Å². The normalized spacial score (nSPS) is 12.0. The highest BCUT2D eigenvalue weighted by Gasteiger charge is 2.09. The van der Waals surface area contributed by atoms with Crippen molar-refractivity contribution < 1.29 is 0 Å². The van der Waals surface area contributed by atoms with E-state index in [2.05, 4.69) is 47.0 Å². The Labute approximate surface area is 120 Å². The Balaban J connectivity index is 0.00000180. The second kappa shape index (κ2) is 6.61. The molecule has 19 heavy (non-hydrogen) atoms. The summed E-state index contributed by atoms with van der Waals surface area (Å²) in [5.41, 5.74) is 2.35. The van der Waals surface area contributed by atoms with Crippen molar-refractivity contribution in [3.63, 3.8) is 0 Å². The number of nitrogens with zero attached hydrogens (tertiary/aromatic N) is 4. The molecule has 0 fully saturated rings. The van der Waals surface area contributed by atoms with Crippen LogP contribution in [0, 0.1) is 6.92 Å². The number of hydrogen-bond donors (Lipinski definition) is 1. The van der Waals surface area contributed by atoms with Crippen LogP contribution in [0.25, 0.3) is 0 Å². The molecular formula is C13H22ClN5. The van der Waals surface area contributed by atoms with Gasteiger partial charge in [0.05, 0.1) is 12.2 Å². The maximum absolute atomic E-state index is 4.38. The smallest absolute Gasteiger partial charge is 0.151 e. The van der Waals surface area contributed by atoms with E-state index in [0.29, 0.717) is 6.04 Å². The highest BCUT2D eigenvalue weighted by Crippen LogP contribution is 2.15. The van der Waals surface area contributed by atoms with E-state index in [1.54, 1.807) is 0 Å². The van der Waals surface area contributed by atoms with Crippen LogP contribution in [-0.2, 0) is 13.6 Å². The van der Waals surface area contributed by atoms with Gasteiger partial charge < -0.3 is 5.32 Å². The SMILES string of the molecule is CCC(C)n1nccc1CNc1nn(C)cc1C.Cl. The molecule has 0 aliphatic heterocycles. The van der Waals surface area contributed by atoms with Gasteiger partial charge in [-0.05, 0) is 26.3 Å². The topological polar surface area (TPSA) is 47.7 Å². The third-order valence-electron chi connectivity index (χ3n) is 3.21. The molecule has 2 rings (SSSR count). The first-order chi connectivity index (χ1) is 8.61. The van der Waals surface area contributed by atoms with Crippen LogP contribution in [0.2, 0.25) is 0 Å². The number of hydrogen-bond acceptors (Lipinski definition) is 3. The van der Waals surface area contributed by atoms with Crippen molar-refractivity contribution in [2.24, 2.45) is 7.05 Å². The van der Waals surface area contributed by atoms with Crippen LogP contribution in [0.1, 0.15) is 37.6 Å². The van der Waals surface area contributed by atoms with Gasteiger partial charge in [0.15, 0.2) is 5.82 Å². The molecule has 1 N–H and O–H groups in total. The summed E-state index contributed by atoms with van der Waals surface area (Å²) in [5, 5.41) is 12.1. The third-order valence-corrected chi connectivity index (χ3v) is 3.21. The van der Waals surface area contributed by atoms with Crippen molar-refractivity contribution in [3.8, 4) is 0 Å². The van der Waals surface area contributed by atoms with E-state index in [0.717, 1.165) is 24.3 Å².